The predicted molar refractivity (Wildman–Crippen MR) is 117 cm³/mol. The first kappa shape index (κ1) is 20.4. The van der Waals surface area contributed by atoms with Crippen LogP contribution < -0.4 is 20.6 Å². The maximum atomic E-state index is 12.1. The van der Waals surface area contributed by atoms with Gasteiger partial charge in [0.1, 0.15) is 6.61 Å². The summed E-state index contributed by atoms with van der Waals surface area (Å²) in [5.41, 5.74) is 11.0. The maximum Gasteiger partial charge on any atom is 0.271 e. The number of carbonyl (C=O) groups excluding carboxylic acids is 1. The van der Waals surface area contributed by atoms with Gasteiger partial charge >= 0.3 is 0 Å². The number of nitrogens with two attached hydrogens (primary N) is 1. The molecule has 0 bridgehead atoms. The highest BCUT2D eigenvalue weighted by atomic mass is 79.9. The van der Waals surface area contributed by atoms with Crippen molar-refractivity contribution in [3.8, 4) is 11.5 Å². The fourth-order valence-corrected chi connectivity index (χ4v) is 3.12. The molecule has 0 aliphatic rings. The first-order chi connectivity index (χ1) is 14.1. The van der Waals surface area contributed by atoms with Crippen LogP contribution in [0.25, 0.3) is 0 Å². The van der Waals surface area contributed by atoms with Crippen molar-refractivity contribution < 1.29 is 14.3 Å². The molecule has 148 valence electrons. The zero-order valence-electron chi connectivity index (χ0n) is 15.8. The Balaban J connectivity index is 1.68. The monoisotopic (exact) mass is 453 g/mol. The molecule has 3 aromatic carbocycles. The van der Waals surface area contributed by atoms with Crippen molar-refractivity contribution in [2.45, 2.75) is 6.61 Å². The van der Waals surface area contributed by atoms with Gasteiger partial charge in [-0.05, 0) is 63.5 Å². The van der Waals surface area contributed by atoms with Crippen LogP contribution in [-0.4, -0.2) is 19.2 Å². The Bertz CT molecular complexity index is 1010. The van der Waals surface area contributed by atoms with E-state index in [9.17, 15) is 4.79 Å². The number of nitrogen functional groups attached to an aromatic ring is 1. The number of nitrogens with zero attached hydrogens (tertiary/aromatic N) is 1. The molecule has 29 heavy (non-hydrogen) atoms. The van der Waals surface area contributed by atoms with Gasteiger partial charge < -0.3 is 15.2 Å². The smallest absolute Gasteiger partial charge is 0.271 e. The number of carbonyl (C=O) groups is 1. The Hall–Kier alpha value is -3.32. The minimum Gasteiger partial charge on any atom is -0.493 e. The summed E-state index contributed by atoms with van der Waals surface area (Å²) in [5, 5.41) is 4.01. The summed E-state index contributed by atoms with van der Waals surface area (Å²) in [6.45, 7) is 0.418. The number of rotatable bonds is 7. The zero-order valence-corrected chi connectivity index (χ0v) is 17.3. The summed E-state index contributed by atoms with van der Waals surface area (Å²) in [6, 6.07) is 20.1. The second-order valence-corrected chi connectivity index (χ2v) is 6.98. The van der Waals surface area contributed by atoms with Crippen LogP contribution in [0.15, 0.2) is 76.3 Å². The van der Waals surface area contributed by atoms with Gasteiger partial charge in [0.2, 0.25) is 0 Å². The summed E-state index contributed by atoms with van der Waals surface area (Å²) in [7, 11) is 1.57. The number of nitrogens with one attached hydrogen (secondary N) is 1. The maximum absolute atomic E-state index is 12.1. The number of benzene rings is 3. The fourth-order valence-electron chi connectivity index (χ4n) is 2.55. The molecule has 0 heterocycles. The van der Waals surface area contributed by atoms with Crippen LogP contribution >= 0.6 is 15.9 Å². The Kier molecular flexibility index (Phi) is 6.86. The number of halogens is 1. The Morgan fingerprint density at radius 2 is 1.86 bits per heavy atom. The lowest BCUT2D eigenvalue weighted by Gasteiger charge is -2.13. The zero-order chi connectivity index (χ0) is 20.6. The average Bonchev–Trinajstić information content (AvgIpc) is 2.73. The average molecular weight is 454 g/mol. The number of amides is 1. The van der Waals surface area contributed by atoms with Gasteiger partial charge in [-0.15, -0.1) is 0 Å². The first-order valence-electron chi connectivity index (χ1n) is 8.80. The SMILES string of the molecule is COc1cc(/C=N/NC(=O)c2ccc(N)cc2)cc(Br)c1OCc1ccccc1. The molecule has 6 nitrogen and oxygen atoms in total. The van der Waals surface area contributed by atoms with Crippen molar-refractivity contribution in [3.05, 3.63) is 87.9 Å². The Labute approximate surface area is 177 Å². The van der Waals surface area contributed by atoms with Gasteiger partial charge in [0.15, 0.2) is 11.5 Å². The Morgan fingerprint density at radius 1 is 1.14 bits per heavy atom. The van der Waals surface area contributed by atoms with E-state index in [1.54, 1.807) is 37.4 Å². The summed E-state index contributed by atoms with van der Waals surface area (Å²) in [4.78, 5) is 12.1. The van der Waals surface area contributed by atoms with E-state index in [1.807, 2.05) is 36.4 Å². The number of hydrogen-bond acceptors (Lipinski definition) is 5. The topological polar surface area (TPSA) is 85.9 Å². The van der Waals surface area contributed by atoms with Gasteiger partial charge in [0.25, 0.3) is 5.91 Å². The van der Waals surface area contributed by atoms with Crippen LogP contribution in [0.4, 0.5) is 5.69 Å². The molecule has 3 rings (SSSR count). The molecule has 0 fully saturated rings. The quantitative estimate of drug-likeness (QED) is 0.315. The summed E-state index contributed by atoms with van der Waals surface area (Å²) >= 11 is 3.51. The third-order valence-corrected chi connectivity index (χ3v) is 4.62. The standard InChI is InChI=1S/C22H20BrN3O3/c1-28-20-12-16(13-25-26-22(27)17-7-9-18(24)10-8-17)11-19(23)21(20)29-14-15-5-3-2-4-6-15/h2-13H,14,24H2,1H3,(H,26,27)/b25-13+. The van der Waals surface area contributed by atoms with Gasteiger partial charge in [-0.25, -0.2) is 5.43 Å². The number of hydrogen-bond donors (Lipinski definition) is 2. The second-order valence-electron chi connectivity index (χ2n) is 6.13. The molecule has 0 aliphatic heterocycles. The number of methoxy groups -OCH3 is 1. The predicted octanol–water partition coefficient (Wildman–Crippen LogP) is 4.38. The second kappa shape index (κ2) is 9.75. The molecule has 0 aliphatic carbocycles. The molecule has 0 saturated carbocycles. The molecule has 1 amide bonds. The van der Waals surface area contributed by atoms with Crippen LogP contribution in [0.3, 0.4) is 0 Å². The largest absolute Gasteiger partial charge is 0.493 e. The van der Waals surface area contributed by atoms with E-state index in [0.29, 0.717) is 29.4 Å². The highest BCUT2D eigenvalue weighted by molar-refractivity contribution is 9.10. The van der Waals surface area contributed by atoms with Crippen LogP contribution in [0, 0.1) is 0 Å². The van der Waals surface area contributed by atoms with Crippen molar-refractivity contribution in [2.24, 2.45) is 5.10 Å². The van der Waals surface area contributed by atoms with Gasteiger partial charge in [-0.1, -0.05) is 30.3 Å². The van der Waals surface area contributed by atoms with E-state index < -0.39 is 0 Å². The van der Waals surface area contributed by atoms with Crippen molar-refractivity contribution in [1.82, 2.24) is 5.43 Å². The van der Waals surface area contributed by atoms with Gasteiger partial charge in [-0.3, -0.25) is 4.79 Å². The minimum absolute atomic E-state index is 0.324. The van der Waals surface area contributed by atoms with Gasteiger partial charge in [-0.2, -0.15) is 5.10 Å². The summed E-state index contributed by atoms with van der Waals surface area (Å²) < 4.78 is 12.1. The lowest BCUT2D eigenvalue weighted by molar-refractivity contribution is 0.0955. The van der Waals surface area contributed by atoms with E-state index in [0.717, 1.165) is 15.6 Å². The molecule has 0 atom stereocenters. The number of ether oxygens (including phenoxy) is 2. The Morgan fingerprint density at radius 3 is 2.55 bits per heavy atom. The summed E-state index contributed by atoms with van der Waals surface area (Å²) in [5.74, 6) is 0.830. The number of anilines is 1. The normalized spacial score (nSPS) is 10.7. The van der Waals surface area contributed by atoms with E-state index in [2.05, 4.69) is 26.5 Å². The molecular formula is C22H20BrN3O3. The number of hydrazone groups is 1. The summed E-state index contributed by atoms with van der Waals surface area (Å²) in [6.07, 6.45) is 1.53. The van der Waals surface area contributed by atoms with Crippen molar-refractivity contribution >= 4 is 33.7 Å². The highest BCUT2D eigenvalue weighted by Gasteiger charge is 2.12. The molecular weight excluding hydrogens is 434 g/mol. The van der Waals surface area contributed by atoms with Crippen molar-refractivity contribution in [1.29, 1.82) is 0 Å². The molecule has 0 spiro atoms. The molecule has 3 aromatic rings. The lowest BCUT2D eigenvalue weighted by Crippen LogP contribution is -2.17. The highest BCUT2D eigenvalue weighted by Crippen LogP contribution is 2.36. The van der Waals surface area contributed by atoms with Crippen LogP contribution in [0.5, 0.6) is 11.5 Å². The minimum atomic E-state index is -0.324. The first-order valence-corrected chi connectivity index (χ1v) is 9.59. The van der Waals surface area contributed by atoms with Crippen LogP contribution in [0.1, 0.15) is 21.5 Å². The molecule has 3 N–H and O–H groups in total. The van der Waals surface area contributed by atoms with E-state index >= 15 is 0 Å². The third kappa shape index (κ3) is 5.58. The van der Waals surface area contributed by atoms with Crippen LogP contribution in [0.2, 0.25) is 0 Å². The fraction of sp³-hybridized carbons (Fsp3) is 0.0909. The van der Waals surface area contributed by atoms with E-state index in [1.165, 1.54) is 6.21 Å². The van der Waals surface area contributed by atoms with Crippen molar-refractivity contribution in [3.63, 3.8) is 0 Å². The lowest BCUT2D eigenvalue weighted by atomic mass is 10.2. The molecule has 0 saturated heterocycles. The van der Waals surface area contributed by atoms with Crippen molar-refractivity contribution in [2.75, 3.05) is 12.8 Å². The van der Waals surface area contributed by atoms with E-state index in [-0.39, 0.29) is 5.91 Å². The van der Waals surface area contributed by atoms with E-state index in [4.69, 9.17) is 15.2 Å². The molecule has 0 unspecified atom stereocenters. The third-order valence-electron chi connectivity index (χ3n) is 4.03. The molecule has 0 aromatic heterocycles. The molecule has 7 heteroatoms. The van der Waals surface area contributed by atoms with Crippen LogP contribution in [-0.2, 0) is 6.61 Å². The van der Waals surface area contributed by atoms with Gasteiger partial charge in [0.05, 0.1) is 17.8 Å². The van der Waals surface area contributed by atoms with Gasteiger partial charge in [0, 0.05) is 11.3 Å². The molecule has 0 radical (unpaired) electrons.